The lowest BCUT2D eigenvalue weighted by atomic mass is 9.68. The maximum Gasteiger partial charge on any atom is 0.00415 e. The molecule has 0 bridgehead atoms. The Morgan fingerprint density at radius 1 is 0.882 bits per heavy atom. The van der Waals surface area contributed by atoms with Crippen LogP contribution in [0.25, 0.3) is 0 Å². The van der Waals surface area contributed by atoms with E-state index < -0.39 is 0 Å². The number of nitrogens with two attached hydrogens (primary N) is 2. The highest BCUT2D eigenvalue weighted by molar-refractivity contribution is 4.85. The van der Waals surface area contributed by atoms with E-state index in [2.05, 4.69) is 0 Å². The van der Waals surface area contributed by atoms with Crippen LogP contribution in [0, 0.1) is 17.8 Å². The maximum absolute atomic E-state index is 6.16. The van der Waals surface area contributed by atoms with Gasteiger partial charge in [0.1, 0.15) is 0 Å². The van der Waals surface area contributed by atoms with Gasteiger partial charge in [-0.15, -0.1) is 0 Å². The lowest BCUT2D eigenvalue weighted by molar-refractivity contribution is 0.129. The largest absolute Gasteiger partial charge is 0.330 e. The standard InChI is InChI=1S/C15H30N2/c16-10-9-15(12-5-2-1-3-6-12)13-7-4-8-14(17)11-13/h12-15H,1-11,16-17H2. The molecular weight excluding hydrogens is 208 g/mol. The second-order valence-corrected chi connectivity index (χ2v) is 6.33. The Kier molecular flexibility index (Phi) is 5.30. The summed E-state index contributed by atoms with van der Waals surface area (Å²) in [4.78, 5) is 0. The molecule has 0 aromatic rings. The molecule has 2 nitrogen and oxygen atoms in total. The van der Waals surface area contributed by atoms with E-state index in [-0.39, 0.29) is 0 Å². The predicted octanol–water partition coefficient (Wildman–Crippen LogP) is 3.05. The fourth-order valence-corrected chi connectivity index (χ4v) is 4.27. The Bertz CT molecular complexity index is 211. The van der Waals surface area contributed by atoms with Crippen molar-refractivity contribution in [1.29, 1.82) is 0 Å². The first kappa shape index (κ1) is 13.4. The first-order chi connectivity index (χ1) is 8.31. The van der Waals surface area contributed by atoms with Crippen molar-refractivity contribution in [3.8, 4) is 0 Å². The molecule has 4 N–H and O–H groups in total. The van der Waals surface area contributed by atoms with Crippen molar-refractivity contribution in [3.63, 3.8) is 0 Å². The van der Waals surface area contributed by atoms with Crippen molar-refractivity contribution in [3.05, 3.63) is 0 Å². The third-order valence-corrected chi connectivity index (χ3v) is 5.12. The van der Waals surface area contributed by atoms with Crippen LogP contribution in [0.5, 0.6) is 0 Å². The van der Waals surface area contributed by atoms with Gasteiger partial charge in [0.25, 0.3) is 0 Å². The van der Waals surface area contributed by atoms with Crippen molar-refractivity contribution in [2.45, 2.75) is 70.3 Å². The van der Waals surface area contributed by atoms with Crippen molar-refractivity contribution in [1.82, 2.24) is 0 Å². The molecule has 2 fully saturated rings. The Morgan fingerprint density at radius 2 is 1.59 bits per heavy atom. The Balaban J connectivity index is 1.94. The van der Waals surface area contributed by atoms with Crippen LogP contribution in [-0.4, -0.2) is 12.6 Å². The van der Waals surface area contributed by atoms with Crippen molar-refractivity contribution in [2.24, 2.45) is 29.2 Å². The summed E-state index contributed by atoms with van der Waals surface area (Å²) in [6.07, 6.45) is 13.8. The van der Waals surface area contributed by atoms with E-state index in [1.165, 1.54) is 64.2 Å². The van der Waals surface area contributed by atoms with Crippen LogP contribution in [0.2, 0.25) is 0 Å². The second kappa shape index (κ2) is 6.75. The number of hydrogen-bond donors (Lipinski definition) is 2. The van der Waals surface area contributed by atoms with E-state index in [0.29, 0.717) is 6.04 Å². The summed E-state index contributed by atoms with van der Waals surface area (Å²) >= 11 is 0. The second-order valence-electron chi connectivity index (χ2n) is 6.33. The summed E-state index contributed by atoms with van der Waals surface area (Å²) < 4.78 is 0. The van der Waals surface area contributed by atoms with Gasteiger partial charge in [-0.1, -0.05) is 44.9 Å². The van der Waals surface area contributed by atoms with Crippen LogP contribution in [0.4, 0.5) is 0 Å². The zero-order chi connectivity index (χ0) is 12.1. The molecular formula is C15H30N2. The van der Waals surface area contributed by atoms with Gasteiger partial charge >= 0.3 is 0 Å². The Morgan fingerprint density at radius 3 is 2.24 bits per heavy atom. The van der Waals surface area contributed by atoms with Crippen LogP contribution < -0.4 is 11.5 Å². The van der Waals surface area contributed by atoms with Gasteiger partial charge in [0.05, 0.1) is 0 Å². The molecule has 17 heavy (non-hydrogen) atoms. The zero-order valence-electron chi connectivity index (χ0n) is 11.2. The molecule has 2 aliphatic rings. The summed E-state index contributed by atoms with van der Waals surface area (Å²) in [5, 5.41) is 0. The average molecular weight is 238 g/mol. The minimum atomic E-state index is 0.470. The molecule has 3 unspecified atom stereocenters. The summed E-state index contributed by atoms with van der Waals surface area (Å²) in [5.41, 5.74) is 12.0. The zero-order valence-corrected chi connectivity index (χ0v) is 11.2. The molecule has 0 amide bonds. The SMILES string of the molecule is NCCC(C1CCCCC1)C1CCCC(N)C1. The molecule has 3 atom stereocenters. The quantitative estimate of drug-likeness (QED) is 0.791. The summed E-state index contributed by atoms with van der Waals surface area (Å²) in [5.74, 6) is 2.72. The van der Waals surface area contributed by atoms with E-state index in [0.717, 1.165) is 24.3 Å². The van der Waals surface area contributed by atoms with Gasteiger partial charge in [-0.05, 0) is 43.6 Å². The summed E-state index contributed by atoms with van der Waals surface area (Å²) in [6.45, 7) is 0.868. The normalized spacial score (nSPS) is 33.5. The molecule has 0 saturated heterocycles. The summed E-state index contributed by atoms with van der Waals surface area (Å²) in [7, 11) is 0. The molecule has 2 aliphatic carbocycles. The van der Waals surface area contributed by atoms with Gasteiger partial charge in [-0.25, -0.2) is 0 Å². The molecule has 2 rings (SSSR count). The minimum absolute atomic E-state index is 0.470. The summed E-state index contributed by atoms with van der Waals surface area (Å²) in [6, 6.07) is 0.470. The highest BCUT2D eigenvalue weighted by Crippen LogP contribution is 2.41. The minimum Gasteiger partial charge on any atom is -0.330 e. The molecule has 0 spiro atoms. The molecule has 0 heterocycles. The highest BCUT2D eigenvalue weighted by Gasteiger charge is 2.32. The van der Waals surface area contributed by atoms with Gasteiger partial charge in [-0.2, -0.15) is 0 Å². The monoisotopic (exact) mass is 238 g/mol. The van der Waals surface area contributed by atoms with E-state index in [4.69, 9.17) is 11.5 Å². The molecule has 0 aliphatic heterocycles. The third kappa shape index (κ3) is 3.69. The van der Waals surface area contributed by atoms with Crippen LogP contribution in [0.1, 0.15) is 64.2 Å². The fraction of sp³-hybridized carbons (Fsp3) is 1.00. The first-order valence-electron chi connectivity index (χ1n) is 7.77. The third-order valence-electron chi connectivity index (χ3n) is 5.12. The molecule has 0 radical (unpaired) electrons. The topological polar surface area (TPSA) is 52.0 Å². The van der Waals surface area contributed by atoms with Gasteiger partial charge in [0.2, 0.25) is 0 Å². The van der Waals surface area contributed by atoms with E-state index in [9.17, 15) is 0 Å². The van der Waals surface area contributed by atoms with Gasteiger partial charge in [0.15, 0.2) is 0 Å². The molecule has 0 aromatic heterocycles. The first-order valence-corrected chi connectivity index (χ1v) is 7.77. The smallest absolute Gasteiger partial charge is 0.00415 e. The van der Waals surface area contributed by atoms with Crippen LogP contribution in [-0.2, 0) is 0 Å². The Labute approximate surface area is 107 Å². The lowest BCUT2D eigenvalue weighted by Crippen LogP contribution is -2.35. The number of hydrogen-bond acceptors (Lipinski definition) is 2. The van der Waals surface area contributed by atoms with Gasteiger partial charge in [0, 0.05) is 6.04 Å². The maximum atomic E-state index is 6.16. The van der Waals surface area contributed by atoms with Crippen molar-refractivity contribution in [2.75, 3.05) is 6.54 Å². The fourth-order valence-electron chi connectivity index (χ4n) is 4.27. The van der Waals surface area contributed by atoms with E-state index in [1.54, 1.807) is 0 Å². The van der Waals surface area contributed by atoms with Crippen molar-refractivity contribution >= 4 is 0 Å². The van der Waals surface area contributed by atoms with Crippen LogP contribution in [0.15, 0.2) is 0 Å². The molecule has 0 aromatic carbocycles. The van der Waals surface area contributed by atoms with Crippen LogP contribution in [0.3, 0.4) is 0 Å². The van der Waals surface area contributed by atoms with E-state index >= 15 is 0 Å². The average Bonchev–Trinajstić information content (AvgIpc) is 2.37. The van der Waals surface area contributed by atoms with Gasteiger partial charge in [-0.3, -0.25) is 0 Å². The van der Waals surface area contributed by atoms with Gasteiger partial charge < -0.3 is 11.5 Å². The van der Waals surface area contributed by atoms with Crippen LogP contribution >= 0.6 is 0 Å². The van der Waals surface area contributed by atoms with Crippen molar-refractivity contribution < 1.29 is 0 Å². The van der Waals surface area contributed by atoms with E-state index in [1.807, 2.05) is 0 Å². The Hall–Kier alpha value is -0.0800. The highest BCUT2D eigenvalue weighted by atomic mass is 14.6. The lowest BCUT2D eigenvalue weighted by Gasteiger charge is -2.39. The molecule has 100 valence electrons. The predicted molar refractivity (Wildman–Crippen MR) is 73.7 cm³/mol. The molecule has 2 heteroatoms. The number of rotatable bonds is 4. The molecule has 2 saturated carbocycles.